The summed E-state index contributed by atoms with van der Waals surface area (Å²) in [6, 6.07) is 7.38. The molecule has 0 atom stereocenters. The molecule has 0 radical (unpaired) electrons. The van der Waals surface area contributed by atoms with E-state index in [-0.39, 0.29) is 35.7 Å². The highest BCUT2D eigenvalue weighted by Gasteiger charge is 2.40. The largest absolute Gasteiger partial charge is 0.461 e. The second-order valence-corrected chi connectivity index (χ2v) is 6.27. The molecule has 1 aliphatic heterocycles. The maximum atomic E-state index is 13.0. The lowest BCUT2D eigenvalue weighted by atomic mass is 10.1. The molecule has 2 amide bonds. The third-order valence-electron chi connectivity index (χ3n) is 4.12. The second kappa shape index (κ2) is 7.73. The molecular weight excluding hydrogens is 395 g/mol. The number of nitrogens with zero attached hydrogens (tertiary/aromatic N) is 2. The van der Waals surface area contributed by atoms with Gasteiger partial charge < -0.3 is 4.74 Å². The number of carbonyl (C=O) groups excluding carboxylic acids is 3. The lowest BCUT2D eigenvalue weighted by molar-refractivity contribution is -0.385. The molecule has 0 bridgehead atoms. The van der Waals surface area contributed by atoms with Crippen molar-refractivity contribution in [2.24, 2.45) is 0 Å². The van der Waals surface area contributed by atoms with Crippen LogP contribution < -0.4 is 0 Å². The number of nitro benzene ring substituents is 1. The SMILES string of the molecule is O=C(CCN1C(=O)c2cccc([N+](=O)[O-])c2C1=O)OCc1ccc(F)cc1Cl. The predicted octanol–water partition coefficient (Wildman–Crippen LogP) is 3.12. The molecule has 2 aromatic rings. The van der Waals surface area contributed by atoms with Crippen molar-refractivity contribution in [3.8, 4) is 0 Å². The summed E-state index contributed by atoms with van der Waals surface area (Å²) in [7, 11) is 0. The molecule has 0 aliphatic carbocycles. The number of carbonyl (C=O) groups is 3. The highest BCUT2D eigenvalue weighted by atomic mass is 35.5. The van der Waals surface area contributed by atoms with Gasteiger partial charge in [-0.15, -0.1) is 0 Å². The number of rotatable bonds is 6. The van der Waals surface area contributed by atoms with Gasteiger partial charge in [-0.2, -0.15) is 0 Å². The summed E-state index contributed by atoms with van der Waals surface area (Å²) in [5.74, 6) is -2.79. The minimum atomic E-state index is -0.832. The minimum absolute atomic E-state index is 0.0781. The number of esters is 1. The van der Waals surface area contributed by atoms with Crippen molar-refractivity contribution in [3.63, 3.8) is 0 Å². The van der Waals surface area contributed by atoms with Crippen LogP contribution in [0.3, 0.4) is 0 Å². The summed E-state index contributed by atoms with van der Waals surface area (Å²) in [4.78, 5) is 47.7. The molecule has 0 spiro atoms. The van der Waals surface area contributed by atoms with Crippen molar-refractivity contribution in [3.05, 3.63) is 74.0 Å². The van der Waals surface area contributed by atoms with Crippen molar-refractivity contribution >= 4 is 35.1 Å². The molecule has 1 aliphatic rings. The molecule has 10 heteroatoms. The Balaban J connectivity index is 1.62. The van der Waals surface area contributed by atoms with Crippen LogP contribution in [0.15, 0.2) is 36.4 Å². The minimum Gasteiger partial charge on any atom is -0.461 e. The first-order chi connectivity index (χ1) is 13.3. The van der Waals surface area contributed by atoms with Crippen LogP contribution in [0.1, 0.15) is 32.7 Å². The highest BCUT2D eigenvalue weighted by molar-refractivity contribution is 6.31. The third-order valence-corrected chi connectivity index (χ3v) is 4.47. The Morgan fingerprint density at radius 3 is 2.64 bits per heavy atom. The fourth-order valence-electron chi connectivity index (χ4n) is 2.74. The quantitative estimate of drug-likeness (QED) is 0.316. The van der Waals surface area contributed by atoms with Gasteiger partial charge in [-0.3, -0.25) is 29.4 Å². The maximum absolute atomic E-state index is 13.0. The van der Waals surface area contributed by atoms with Crippen LogP contribution in [0.4, 0.5) is 10.1 Å². The van der Waals surface area contributed by atoms with Gasteiger partial charge in [0, 0.05) is 18.2 Å². The molecular formula is C18H12ClFN2O6. The number of fused-ring (bicyclic) bond motifs is 1. The van der Waals surface area contributed by atoms with Crippen LogP contribution in [0.5, 0.6) is 0 Å². The van der Waals surface area contributed by atoms with Crippen LogP contribution in [0.25, 0.3) is 0 Å². The Labute approximate surface area is 162 Å². The summed E-state index contributed by atoms with van der Waals surface area (Å²) < 4.78 is 18.0. The fraction of sp³-hybridized carbons (Fsp3) is 0.167. The van der Waals surface area contributed by atoms with E-state index < -0.39 is 34.2 Å². The van der Waals surface area contributed by atoms with Gasteiger partial charge in [0.1, 0.15) is 18.0 Å². The van der Waals surface area contributed by atoms with Gasteiger partial charge in [-0.05, 0) is 18.2 Å². The Bertz CT molecular complexity index is 1010. The number of amides is 2. The van der Waals surface area contributed by atoms with E-state index in [2.05, 4.69) is 0 Å². The molecule has 1 heterocycles. The zero-order valence-electron chi connectivity index (χ0n) is 14.2. The molecule has 0 N–H and O–H groups in total. The molecule has 3 rings (SSSR count). The van der Waals surface area contributed by atoms with E-state index in [1.165, 1.54) is 24.3 Å². The van der Waals surface area contributed by atoms with Gasteiger partial charge in [-0.1, -0.05) is 23.7 Å². The first-order valence-electron chi connectivity index (χ1n) is 8.02. The van der Waals surface area contributed by atoms with Crippen molar-refractivity contribution in [1.82, 2.24) is 4.90 Å². The first-order valence-corrected chi connectivity index (χ1v) is 8.40. The zero-order chi connectivity index (χ0) is 20.4. The topological polar surface area (TPSA) is 107 Å². The molecule has 28 heavy (non-hydrogen) atoms. The van der Waals surface area contributed by atoms with Crippen molar-refractivity contribution < 1.29 is 28.4 Å². The molecule has 0 saturated heterocycles. The van der Waals surface area contributed by atoms with Crippen LogP contribution in [-0.2, 0) is 16.1 Å². The molecule has 0 aromatic heterocycles. The van der Waals surface area contributed by atoms with Gasteiger partial charge in [0.25, 0.3) is 17.5 Å². The van der Waals surface area contributed by atoms with E-state index in [4.69, 9.17) is 16.3 Å². The molecule has 0 fully saturated rings. The summed E-state index contributed by atoms with van der Waals surface area (Å²) in [5.41, 5.74) is -0.436. The van der Waals surface area contributed by atoms with E-state index >= 15 is 0 Å². The third kappa shape index (κ3) is 3.70. The number of imide groups is 1. The van der Waals surface area contributed by atoms with Crippen molar-refractivity contribution in [1.29, 1.82) is 0 Å². The first kappa shape index (κ1) is 19.4. The molecule has 0 saturated carbocycles. The Morgan fingerprint density at radius 1 is 1.21 bits per heavy atom. The number of ether oxygens (including phenoxy) is 1. The fourth-order valence-corrected chi connectivity index (χ4v) is 2.96. The van der Waals surface area contributed by atoms with Crippen molar-refractivity contribution in [2.75, 3.05) is 6.54 Å². The van der Waals surface area contributed by atoms with E-state index in [0.717, 1.165) is 17.0 Å². The number of benzene rings is 2. The van der Waals surface area contributed by atoms with E-state index in [0.29, 0.717) is 5.56 Å². The van der Waals surface area contributed by atoms with E-state index in [1.807, 2.05) is 0 Å². The number of hydrogen-bond acceptors (Lipinski definition) is 6. The molecule has 0 unspecified atom stereocenters. The number of halogens is 2. The lowest BCUT2D eigenvalue weighted by Crippen LogP contribution is -2.32. The monoisotopic (exact) mass is 406 g/mol. The van der Waals surface area contributed by atoms with Crippen LogP contribution >= 0.6 is 11.6 Å². The number of nitro groups is 1. The number of hydrogen-bond donors (Lipinski definition) is 0. The van der Waals surface area contributed by atoms with Crippen LogP contribution in [0, 0.1) is 15.9 Å². The average molecular weight is 407 g/mol. The Morgan fingerprint density at radius 2 is 1.96 bits per heavy atom. The van der Waals surface area contributed by atoms with Gasteiger partial charge in [0.2, 0.25) is 0 Å². The summed E-state index contributed by atoms with van der Waals surface area (Å²) >= 11 is 5.84. The average Bonchev–Trinajstić information content (AvgIpc) is 2.90. The summed E-state index contributed by atoms with van der Waals surface area (Å²) in [6.45, 7) is -0.495. The Kier molecular flexibility index (Phi) is 5.36. The maximum Gasteiger partial charge on any atom is 0.307 e. The van der Waals surface area contributed by atoms with Crippen LogP contribution in [-0.4, -0.2) is 34.2 Å². The van der Waals surface area contributed by atoms with Gasteiger partial charge in [0.05, 0.1) is 21.9 Å². The Hall–Kier alpha value is -3.33. The molecule has 2 aromatic carbocycles. The highest BCUT2D eigenvalue weighted by Crippen LogP contribution is 2.30. The second-order valence-electron chi connectivity index (χ2n) is 5.87. The lowest BCUT2D eigenvalue weighted by Gasteiger charge is -2.13. The molecule has 144 valence electrons. The van der Waals surface area contributed by atoms with E-state index in [9.17, 15) is 28.9 Å². The van der Waals surface area contributed by atoms with Gasteiger partial charge in [0.15, 0.2) is 0 Å². The van der Waals surface area contributed by atoms with Crippen LogP contribution in [0.2, 0.25) is 5.02 Å². The standard InChI is InChI=1S/C18H12ClFN2O6/c19-13-8-11(20)5-4-10(13)9-28-15(23)6-7-21-17(24)12-2-1-3-14(22(26)27)16(12)18(21)25/h1-5,8H,6-7,9H2. The smallest absolute Gasteiger partial charge is 0.307 e. The normalized spacial score (nSPS) is 12.9. The van der Waals surface area contributed by atoms with Gasteiger partial charge in [-0.25, -0.2) is 4.39 Å². The van der Waals surface area contributed by atoms with E-state index in [1.54, 1.807) is 0 Å². The molecule has 8 nitrogen and oxygen atoms in total. The summed E-state index contributed by atoms with van der Waals surface area (Å²) in [5, 5.41) is 11.2. The predicted molar refractivity (Wildman–Crippen MR) is 94.3 cm³/mol. The van der Waals surface area contributed by atoms with Gasteiger partial charge >= 0.3 is 5.97 Å². The summed E-state index contributed by atoms with van der Waals surface area (Å²) in [6.07, 6.45) is -0.307. The zero-order valence-corrected chi connectivity index (χ0v) is 14.9. The van der Waals surface area contributed by atoms with Crippen molar-refractivity contribution in [2.45, 2.75) is 13.0 Å².